The molecule has 3 unspecified atom stereocenters. The second kappa shape index (κ2) is 34.9. The van der Waals surface area contributed by atoms with E-state index < -0.39 is 85.6 Å². The van der Waals surface area contributed by atoms with Gasteiger partial charge in [-0.3, -0.25) is 17.8 Å². The number of aromatic nitrogens is 12. The van der Waals surface area contributed by atoms with Crippen molar-refractivity contribution in [3.8, 4) is 95.5 Å². The standard InChI is InChI=1S/C45H42N4SSi.C42H34N4OS.C42H34N4S2/c1-27-18-20-30(40-34(45(4,5)6)22-23-38-42(40)50-43-39(51(38,7)8)17-12-24-46-43)25-32(27)33-26-31(21-19-28(33)2)48-35-14-9-10-15-36(35)49-37-16-11-13-29(3)41(37)47-44(48)49;1-23-15-18-27(35-24(2)16-19-30-39(35)48-34-14-10-7-11-29(34)42(30,5)6)21-28(23)37-26(4)22-43-40(45-37)36-25(3)17-20-33-38(36)47-41-44-31-12-8-9-13-32(31)46(33)41;1-23-15-18-27(35-24(2)16-19-30-38(35)47-34-14-10-7-11-29(34)42(30,5)6)21-28(23)37-26(4)22-43-40(45-37)36-25(3)17-20-33-39(36)48-41-44-31-12-8-9-13-32(31)46(33)41/h9-26H,1-8H3;2*7-22H,1-6H3/i1D3,2D3,7D3;2*1D3,4D3,5D3. The number of aryl methyl sites for hydroxylation is 11. The molecular formula is C129H110N12OS4Si. The van der Waals surface area contributed by atoms with Crippen molar-refractivity contribution in [2.24, 2.45) is 0 Å². The van der Waals surface area contributed by atoms with E-state index in [1.807, 2.05) is 256 Å². The molecule has 3 atom stereocenters. The Morgan fingerprint density at radius 2 is 0.891 bits per heavy atom. The summed E-state index contributed by atoms with van der Waals surface area (Å²) in [6, 6.07) is 87.5. The number of hydrogen-bond acceptors (Lipinski definition) is 13. The first kappa shape index (κ1) is 67.7. The average molecular weight is 2030 g/mol. The number of nitrogens with zero attached hydrogens (tertiary/aromatic N) is 12. The third kappa shape index (κ3) is 15.0. The quantitative estimate of drug-likeness (QED) is 0.127. The van der Waals surface area contributed by atoms with Gasteiger partial charge in [0.15, 0.2) is 22.2 Å². The summed E-state index contributed by atoms with van der Waals surface area (Å²) in [6.45, 7) is -1.71. The van der Waals surface area contributed by atoms with Crippen LogP contribution in [0.15, 0.2) is 338 Å². The highest BCUT2D eigenvalue weighted by atomic mass is 32.2. The van der Waals surface area contributed by atoms with E-state index in [4.69, 9.17) is 66.3 Å². The van der Waals surface area contributed by atoms with Crippen LogP contribution in [0.4, 0.5) is 0 Å². The molecule has 9 aromatic heterocycles. The van der Waals surface area contributed by atoms with E-state index >= 15 is 0 Å². The van der Waals surface area contributed by atoms with Crippen LogP contribution in [0.25, 0.3) is 178 Å². The molecule has 0 amide bonds. The average Bonchev–Trinajstić information content (AvgIpc) is 1.12. The van der Waals surface area contributed by atoms with Crippen molar-refractivity contribution in [3.05, 3.63) is 393 Å². The number of rotatable bonds is 9. The molecule has 0 saturated carbocycles. The van der Waals surface area contributed by atoms with Gasteiger partial charge in [0, 0.05) is 113 Å². The van der Waals surface area contributed by atoms with E-state index in [9.17, 15) is 0 Å². The molecule has 0 aliphatic carbocycles. The maximum Gasteiger partial charge on any atom is 0.307 e. The first-order valence-corrected chi connectivity index (χ1v) is 54.1. The van der Waals surface area contributed by atoms with Crippen LogP contribution >= 0.6 is 46.6 Å². The largest absolute Gasteiger partial charge is 0.422 e. The predicted octanol–water partition coefficient (Wildman–Crippen LogP) is 33.2. The predicted molar refractivity (Wildman–Crippen MR) is 616 cm³/mol. The Bertz CT molecular complexity index is 10500. The molecule has 24 aromatic rings. The van der Waals surface area contributed by atoms with Crippen LogP contribution in [-0.4, -0.2) is 65.7 Å². The number of fused-ring (bicyclic) bond motifs is 21. The number of hydrogen-bond donors (Lipinski definition) is 0. The fourth-order valence-electron chi connectivity index (χ4n) is 21.7. The molecule has 0 fully saturated rings. The molecule has 3 aliphatic rings. The molecule has 0 N–H and O–H groups in total. The first-order valence-electron chi connectivity index (χ1n) is 61.8. The lowest BCUT2D eigenvalue weighted by atomic mass is 9.76. The zero-order valence-electron chi connectivity index (χ0n) is 109. The smallest absolute Gasteiger partial charge is 0.307 e. The molecular weight excluding hydrogens is 1890 g/mol. The Labute approximate surface area is 911 Å². The minimum absolute atomic E-state index is 0.00191. The van der Waals surface area contributed by atoms with Gasteiger partial charge >= 0.3 is 5.84 Å². The van der Waals surface area contributed by atoms with E-state index in [1.165, 1.54) is 71.1 Å². The zero-order chi connectivity index (χ0) is 124. The van der Waals surface area contributed by atoms with Crippen molar-refractivity contribution in [1.82, 2.24) is 57.6 Å². The summed E-state index contributed by atoms with van der Waals surface area (Å²) >= 11 is 5.86. The maximum absolute atomic E-state index is 8.92. The Hall–Kier alpha value is -14.9. The topological polar surface area (TPSA) is 134 Å². The summed E-state index contributed by atoms with van der Waals surface area (Å²) in [5.41, 5.74) is 19.9. The maximum atomic E-state index is 8.92. The molecule has 147 heavy (non-hydrogen) atoms. The minimum Gasteiger partial charge on any atom is -0.422 e. The number of imidazole rings is 4. The Morgan fingerprint density at radius 3 is 1.51 bits per heavy atom. The fraction of sp³-hybridized carbons (Fsp3) is 0.178. The number of oxazole rings is 1. The van der Waals surface area contributed by atoms with Crippen molar-refractivity contribution >= 4 is 147 Å². The van der Waals surface area contributed by atoms with Gasteiger partial charge < -0.3 is 4.42 Å². The third-order valence-corrected chi connectivity index (χ3v) is 37.1. The van der Waals surface area contributed by atoms with Crippen molar-refractivity contribution in [2.75, 3.05) is 0 Å². The minimum atomic E-state index is -3.44. The number of para-hydroxylation sites is 7. The van der Waals surface area contributed by atoms with Crippen LogP contribution in [-0.2, 0) is 16.2 Å². The van der Waals surface area contributed by atoms with Crippen LogP contribution in [0.2, 0.25) is 13.0 Å². The van der Waals surface area contributed by atoms with Gasteiger partial charge in [-0.2, -0.15) is 4.98 Å². The van der Waals surface area contributed by atoms with E-state index in [-0.39, 0.29) is 78.7 Å². The fourth-order valence-corrected chi connectivity index (χ4v) is 30.7. The van der Waals surface area contributed by atoms with Crippen molar-refractivity contribution in [2.45, 2.75) is 183 Å². The van der Waals surface area contributed by atoms with Crippen molar-refractivity contribution in [3.63, 3.8) is 0 Å². The van der Waals surface area contributed by atoms with Crippen LogP contribution < -0.4 is 10.4 Å². The van der Waals surface area contributed by atoms with Gasteiger partial charge in [-0.15, -0.1) is 0 Å². The van der Waals surface area contributed by atoms with Gasteiger partial charge in [-0.1, -0.05) is 290 Å². The lowest BCUT2D eigenvalue weighted by Gasteiger charge is -2.36. The molecule has 0 radical (unpaired) electrons. The molecule has 15 aromatic carbocycles. The zero-order valence-corrected chi connectivity index (χ0v) is 86.0. The van der Waals surface area contributed by atoms with Gasteiger partial charge in [0.25, 0.3) is 0 Å². The number of thiazole rings is 1. The summed E-state index contributed by atoms with van der Waals surface area (Å²) in [5.74, 6) is 1.41. The Morgan fingerprint density at radius 1 is 0.374 bits per heavy atom. The van der Waals surface area contributed by atoms with E-state index in [0.29, 0.717) is 83.5 Å². The first-order chi connectivity index (χ1) is 81.9. The highest BCUT2D eigenvalue weighted by Gasteiger charge is 2.42. The summed E-state index contributed by atoms with van der Waals surface area (Å²) in [4.78, 5) is 43.1. The highest BCUT2D eigenvalue weighted by molar-refractivity contribution is 8.00. The molecule has 0 spiro atoms. The molecule has 13 nitrogen and oxygen atoms in total. The third-order valence-electron chi connectivity index (χ3n) is 29.2. The van der Waals surface area contributed by atoms with Gasteiger partial charge in [-0.25, -0.2) is 34.9 Å². The van der Waals surface area contributed by atoms with E-state index in [0.717, 1.165) is 144 Å². The van der Waals surface area contributed by atoms with Crippen molar-refractivity contribution in [1.29, 1.82) is 0 Å². The molecule has 18 heteroatoms. The summed E-state index contributed by atoms with van der Waals surface area (Å²) in [6.07, 6.45) is 4.21. The normalized spacial score (nSPS) is 19.2. The van der Waals surface area contributed by atoms with Crippen molar-refractivity contribution < 1.29 is 41.4 Å². The highest BCUT2D eigenvalue weighted by Crippen LogP contribution is 2.57. The summed E-state index contributed by atoms with van der Waals surface area (Å²) < 4.78 is 250. The molecule has 0 saturated heterocycles. The van der Waals surface area contributed by atoms with Crippen LogP contribution in [0.3, 0.4) is 0 Å². The lowest BCUT2D eigenvalue weighted by Crippen LogP contribution is -2.56. The molecule has 12 heterocycles. The molecule has 0 bridgehead atoms. The van der Waals surface area contributed by atoms with Gasteiger partial charge in [-0.05, 0) is 328 Å². The van der Waals surface area contributed by atoms with E-state index in [1.54, 1.807) is 86.8 Å². The molecule has 3 aliphatic heterocycles. The van der Waals surface area contributed by atoms with Crippen LogP contribution in [0, 0.1) is 75.7 Å². The lowest BCUT2D eigenvalue weighted by molar-refractivity contribution is 0.591. The Kier molecular flexibility index (Phi) is 16.1. The number of benzene rings is 15. The Balaban J connectivity index is 0.000000130. The van der Waals surface area contributed by atoms with Gasteiger partial charge in [0.05, 0.1) is 76.8 Å². The second-order valence-electron chi connectivity index (χ2n) is 39.7. The monoisotopic (exact) mass is 2030 g/mol. The van der Waals surface area contributed by atoms with Crippen LogP contribution in [0.5, 0.6) is 0 Å². The van der Waals surface area contributed by atoms with E-state index in [2.05, 4.69) is 44.5 Å². The number of pyridine rings is 1. The molecule has 720 valence electrons. The van der Waals surface area contributed by atoms with Crippen LogP contribution in [0.1, 0.15) is 174 Å². The molecule has 27 rings (SSSR count). The SMILES string of the molecule is [2H]C([2H])([2H])c1ccc(-c2c(C(C)(C)C)ccc3c2Sc2ncccc2[Si]3(C)C([2H])([2H])[2H])cc1-c1cc(-n2c3ccccc3n3c4cccc(C)c4nc23)ccc1C([2H])([2H])[2H].[2H]C([2H])([2H])c1ccc(-c2c(C)ccc3c2Sc2ccccc2C3(C)C([2H])([2H])[2H])cc1-c1nc(-c2c(C)ccc3c2oc2nc4ccccc4n23)ncc1C([2H])([2H])[2H].[2H]C([2H])([2H])c1ccc(-c2c(C)ccc3c2Sc2ccccc2C3(C)C([2H])([2H])[2H])cc1-c1nc(-c2c(C)ccc3c2sc2nc4ccccc4n23)ncc1C([2H])([2H])[2H]. The summed E-state index contributed by atoms with van der Waals surface area (Å²) in [7, 11) is -3.44. The second-order valence-corrected chi connectivity index (χ2v) is 47.1. The van der Waals surface area contributed by atoms with Gasteiger partial charge in [0.2, 0.25) is 5.78 Å². The van der Waals surface area contributed by atoms with Gasteiger partial charge in [0.1, 0.15) is 13.1 Å². The summed E-state index contributed by atoms with van der Waals surface area (Å²) in [5, 5.41) is 2.15.